The molecule has 0 unspecified atom stereocenters. The van der Waals surface area contributed by atoms with E-state index in [9.17, 15) is 9.59 Å². The third-order valence-corrected chi connectivity index (χ3v) is 6.92. The normalized spacial score (nSPS) is 17.2. The molecule has 192 valence electrons. The van der Waals surface area contributed by atoms with Crippen LogP contribution in [0.2, 0.25) is 0 Å². The van der Waals surface area contributed by atoms with Gasteiger partial charge in [-0.25, -0.2) is 4.98 Å². The Morgan fingerprint density at radius 2 is 1.75 bits per heavy atom. The molecule has 1 aliphatic rings. The summed E-state index contributed by atoms with van der Waals surface area (Å²) < 4.78 is 13.0. The smallest absolute Gasteiger partial charge is 0.248 e. The number of fused-ring (bicyclic) bond motifs is 1. The number of nitrogens with two attached hydrogens (primary N) is 1. The number of methoxy groups -OCH3 is 2. The average Bonchev–Trinajstić information content (AvgIpc) is 3.20. The number of benzene rings is 2. The van der Waals surface area contributed by atoms with Crippen molar-refractivity contribution in [2.24, 2.45) is 11.7 Å². The van der Waals surface area contributed by atoms with Gasteiger partial charge in [0.2, 0.25) is 11.8 Å². The molecule has 3 aromatic rings. The van der Waals surface area contributed by atoms with Crippen molar-refractivity contribution in [2.75, 3.05) is 48.5 Å². The molecule has 9 heteroatoms. The molecular weight excluding hydrogens is 458 g/mol. The molecule has 2 aromatic carbocycles. The molecule has 0 bridgehead atoms. The van der Waals surface area contributed by atoms with Gasteiger partial charge in [0.25, 0.3) is 0 Å². The number of amides is 2. The summed E-state index contributed by atoms with van der Waals surface area (Å²) in [5.41, 5.74) is 8.44. The van der Waals surface area contributed by atoms with Gasteiger partial charge in [0.1, 0.15) is 5.82 Å². The van der Waals surface area contributed by atoms with Crippen LogP contribution in [0.3, 0.4) is 0 Å². The number of imidazole rings is 1. The molecule has 0 radical (unpaired) electrons. The van der Waals surface area contributed by atoms with E-state index in [1.807, 2.05) is 50.3 Å². The molecule has 1 aliphatic carbocycles. The minimum atomic E-state index is -0.488. The van der Waals surface area contributed by atoms with E-state index in [0.717, 1.165) is 41.9 Å². The Morgan fingerprint density at radius 3 is 2.39 bits per heavy atom. The second-order valence-corrected chi connectivity index (χ2v) is 9.68. The molecule has 9 nitrogen and oxygen atoms in total. The summed E-state index contributed by atoms with van der Waals surface area (Å²) in [6.07, 6.45) is 2.36. The van der Waals surface area contributed by atoms with Crippen molar-refractivity contribution < 1.29 is 19.1 Å². The van der Waals surface area contributed by atoms with Crippen LogP contribution in [0.4, 0.5) is 0 Å². The fraction of sp³-hybridized carbons (Fsp3) is 0.444. The first kappa shape index (κ1) is 25.5. The molecule has 36 heavy (non-hydrogen) atoms. The summed E-state index contributed by atoms with van der Waals surface area (Å²) in [4.78, 5) is 33.8. The lowest BCUT2D eigenvalue weighted by molar-refractivity contribution is -0.138. The molecule has 0 spiro atoms. The van der Waals surface area contributed by atoms with E-state index in [4.69, 9.17) is 20.2 Å². The first-order chi connectivity index (χ1) is 17.2. The Kier molecular flexibility index (Phi) is 7.49. The number of hydrogen-bond donors (Lipinski definition) is 1. The Bertz CT molecular complexity index is 1260. The zero-order chi connectivity index (χ0) is 26.0. The molecule has 1 heterocycles. The maximum absolute atomic E-state index is 13.0. The van der Waals surface area contributed by atoms with Gasteiger partial charge in [-0.1, -0.05) is 0 Å². The third kappa shape index (κ3) is 5.02. The second-order valence-electron chi connectivity index (χ2n) is 9.68. The van der Waals surface area contributed by atoms with Gasteiger partial charge in [0.15, 0.2) is 11.5 Å². The number of carbonyl (C=O) groups excluding carboxylic acids is 2. The van der Waals surface area contributed by atoms with Gasteiger partial charge in [-0.15, -0.1) is 0 Å². The van der Waals surface area contributed by atoms with Crippen LogP contribution in [0.5, 0.6) is 11.5 Å². The van der Waals surface area contributed by atoms with E-state index in [0.29, 0.717) is 29.9 Å². The van der Waals surface area contributed by atoms with Crippen LogP contribution in [-0.2, 0) is 4.79 Å². The van der Waals surface area contributed by atoms with E-state index in [1.165, 1.54) is 0 Å². The van der Waals surface area contributed by atoms with Crippen LogP contribution < -0.4 is 15.2 Å². The summed E-state index contributed by atoms with van der Waals surface area (Å²) >= 11 is 0. The zero-order valence-corrected chi connectivity index (χ0v) is 21.7. The quantitative estimate of drug-likeness (QED) is 0.465. The first-order valence-electron chi connectivity index (χ1n) is 12.2. The minimum Gasteiger partial charge on any atom is -0.493 e. The van der Waals surface area contributed by atoms with Gasteiger partial charge >= 0.3 is 0 Å². The highest BCUT2D eigenvalue weighted by Crippen LogP contribution is 2.44. The van der Waals surface area contributed by atoms with E-state index in [-0.39, 0.29) is 17.9 Å². The van der Waals surface area contributed by atoms with Gasteiger partial charge in [0, 0.05) is 36.7 Å². The van der Waals surface area contributed by atoms with Gasteiger partial charge in [-0.3, -0.25) is 9.59 Å². The first-order valence-corrected chi connectivity index (χ1v) is 12.2. The van der Waals surface area contributed by atoms with Gasteiger partial charge < -0.3 is 29.6 Å². The van der Waals surface area contributed by atoms with Crippen LogP contribution in [0, 0.1) is 5.92 Å². The predicted octanol–water partition coefficient (Wildman–Crippen LogP) is 3.18. The fourth-order valence-electron chi connectivity index (χ4n) is 4.84. The summed E-state index contributed by atoms with van der Waals surface area (Å²) in [6, 6.07) is 11.1. The van der Waals surface area contributed by atoms with E-state index < -0.39 is 5.91 Å². The molecule has 4 rings (SSSR count). The van der Waals surface area contributed by atoms with Crippen molar-refractivity contribution >= 4 is 22.8 Å². The average molecular weight is 494 g/mol. The van der Waals surface area contributed by atoms with Gasteiger partial charge in [-0.2, -0.15) is 0 Å². The molecule has 0 saturated heterocycles. The summed E-state index contributed by atoms with van der Waals surface area (Å²) in [5.74, 6) is 1.65. The van der Waals surface area contributed by atoms with Crippen LogP contribution in [0.25, 0.3) is 22.4 Å². The molecule has 1 aromatic heterocycles. The third-order valence-electron chi connectivity index (χ3n) is 6.92. The molecule has 0 aliphatic heterocycles. The molecular formula is C27H35N5O4. The van der Waals surface area contributed by atoms with Crippen molar-refractivity contribution in [3.05, 3.63) is 42.0 Å². The summed E-state index contributed by atoms with van der Waals surface area (Å²) in [7, 11) is 9.15. The van der Waals surface area contributed by atoms with Crippen LogP contribution in [-0.4, -0.2) is 79.6 Å². The number of rotatable bonds is 10. The van der Waals surface area contributed by atoms with Crippen molar-refractivity contribution in [3.63, 3.8) is 0 Å². The number of carbonyl (C=O) groups is 2. The van der Waals surface area contributed by atoms with Crippen LogP contribution in [0.15, 0.2) is 36.4 Å². The molecule has 1 fully saturated rings. The lowest BCUT2D eigenvalue weighted by Gasteiger charge is -2.38. The molecule has 0 atom stereocenters. The predicted molar refractivity (Wildman–Crippen MR) is 139 cm³/mol. The number of hydrogen-bond acceptors (Lipinski definition) is 6. The summed E-state index contributed by atoms with van der Waals surface area (Å²) in [6.45, 7) is 1.69. The highest BCUT2D eigenvalue weighted by Gasteiger charge is 2.39. The maximum Gasteiger partial charge on any atom is 0.248 e. The fourth-order valence-corrected chi connectivity index (χ4v) is 4.84. The number of ether oxygens (including phenoxy) is 2. The Hall–Kier alpha value is -3.59. The van der Waals surface area contributed by atoms with E-state index in [1.54, 1.807) is 26.4 Å². The number of aromatic nitrogens is 2. The molecule has 2 amide bonds. The topological polar surface area (TPSA) is 103 Å². The standard InChI is InChI=1S/C27H35N5O4/c1-30(2)11-6-12-31(3)27(34)19-13-20(14-19)32-22-15-17(25(28)33)7-9-21(22)29-26(32)18-8-10-23(35-4)24(16-18)36-5/h7-10,15-16,19-20H,6,11-14H2,1-5H3,(H2,28,33). The minimum absolute atomic E-state index is 0.0330. The monoisotopic (exact) mass is 493 g/mol. The largest absolute Gasteiger partial charge is 0.493 e. The Labute approximate surface area is 211 Å². The number of nitrogens with zero attached hydrogens (tertiary/aromatic N) is 4. The Balaban J connectivity index is 1.65. The van der Waals surface area contributed by atoms with Crippen LogP contribution >= 0.6 is 0 Å². The maximum atomic E-state index is 13.0. The second kappa shape index (κ2) is 10.6. The van der Waals surface area contributed by atoms with E-state index >= 15 is 0 Å². The van der Waals surface area contributed by atoms with Crippen LogP contribution in [0.1, 0.15) is 35.7 Å². The highest BCUT2D eigenvalue weighted by atomic mass is 16.5. The SMILES string of the molecule is COc1ccc(-c2nc3ccc(C(N)=O)cc3n2C2CC(C(=O)N(C)CCCN(C)C)C2)cc1OC. The lowest BCUT2D eigenvalue weighted by atomic mass is 9.78. The van der Waals surface area contributed by atoms with Crippen molar-refractivity contribution in [1.29, 1.82) is 0 Å². The summed E-state index contributed by atoms with van der Waals surface area (Å²) in [5, 5.41) is 0. The van der Waals surface area contributed by atoms with Crippen molar-refractivity contribution in [3.8, 4) is 22.9 Å². The molecule has 1 saturated carbocycles. The van der Waals surface area contributed by atoms with Crippen molar-refractivity contribution in [2.45, 2.75) is 25.3 Å². The zero-order valence-electron chi connectivity index (χ0n) is 21.7. The number of primary amides is 1. The Morgan fingerprint density at radius 1 is 1.03 bits per heavy atom. The molecule has 2 N–H and O–H groups in total. The van der Waals surface area contributed by atoms with Crippen molar-refractivity contribution in [1.82, 2.24) is 19.4 Å². The van der Waals surface area contributed by atoms with Gasteiger partial charge in [-0.05, 0) is 76.3 Å². The van der Waals surface area contributed by atoms with E-state index in [2.05, 4.69) is 9.47 Å². The highest BCUT2D eigenvalue weighted by molar-refractivity contribution is 5.97. The van der Waals surface area contributed by atoms with Gasteiger partial charge in [0.05, 0.1) is 25.3 Å². The lowest BCUT2D eigenvalue weighted by Crippen LogP contribution is -2.41.